The number of rotatable bonds is 9. The standard InChI is InChI=1S/C28H30FN3O4/c1-19-6-2-3-8-21(19)15-31-28(35)25-18-32(16-23-10-5-13-36-23)17-24(26(25)33)27(34)30-12-11-20-7-4-9-22(29)14-20/h2-4,6-9,14,17-18,23H,5,10-13,15-16H2,1H3,(H,30,34)(H,31,35)/t23-/m1/s1. The molecule has 2 amide bonds. The van der Waals surface area contributed by atoms with Gasteiger partial charge in [0.2, 0.25) is 5.43 Å². The van der Waals surface area contributed by atoms with Gasteiger partial charge in [-0.25, -0.2) is 4.39 Å². The van der Waals surface area contributed by atoms with E-state index in [0.717, 1.165) is 29.5 Å². The molecular formula is C28H30FN3O4. The zero-order valence-electron chi connectivity index (χ0n) is 20.3. The fraction of sp³-hybridized carbons (Fsp3) is 0.321. The molecule has 1 aliphatic heterocycles. The molecule has 1 atom stereocenters. The van der Waals surface area contributed by atoms with E-state index in [9.17, 15) is 18.8 Å². The van der Waals surface area contributed by atoms with E-state index in [1.165, 1.54) is 24.5 Å². The smallest absolute Gasteiger partial charge is 0.257 e. The van der Waals surface area contributed by atoms with Crippen LogP contribution in [-0.2, 0) is 24.2 Å². The quantitative estimate of drug-likeness (QED) is 0.480. The predicted octanol–water partition coefficient (Wildman–Crippen LogP) is 3.38. The number of ether oxygens (including phenoxy) is 1. The molecule has 2 aromatic carbocycles. The third-order valence-electron chi connectivity index (χ3n) is 6.30. The molecule has 0 unspecified atom stereocenters. The molecule has 8 heteroatoms. The van der Waals surface area contributed by atoms with Crippen LogP contribution in [0.5, 0.6) is 0 Å². The Balaban J connectivity index is 1.52. The van der Waals surface area contributed by atoms with E-state index in [0.29, 0.717) is 19.6 Å². The zero-order valence-corrected chi connectivity index (χ0v) is 20.3. The second kappa shape index (κ2) is 11.8. The van der Waals surface area contributed by atoms with Crippen LogP contribution in [-0.4, -0.2) is 35.6 Å². The molecule has 0 saturated carbocycles. The predicted molar refractivity (Wildman–Crippen MR) is 134 cm³/mol. The molecule has 0 aliphatic carbocycles. The van der Waals surface area contributed by atoms with Gasteiger partial charge in [-0.15, -0.1) is 0 Å². The molecule has 0 spiro atoms. The average Bonchev–Trinajstić information content (AvgIpc) is 3.37. The Morgan fingerprint density at radius 3 is 2.50 bits per heavy atom. The van der Waals surface area contributed by atoms with Crippen molar-refractivity contribution in [3.8, 4) is 0 Å². The monoisotopic (exact) mass is 491 g/mol. The number of halogens is 1. The topological polar surface area (TPSA) is 89.4 Å². The Morgan fingerprint density at radius 2 is 1.81 bits per heavy atom. The highest BCUT2D eigenvalue weighted by Crippen LogP contribution is 2.15. The molecule has 2 heterocycles. The first-order chi connectivity index (χ1) is 17.4. The van der Waals surface area contributed by atoms with Crippen LogP contribution in [0, 0.1) is 12.7 Å². The first-order valence-corrected chi connectivity index (χ1v) is 12.1. The van der Waals surface area contributed by atoms with Crippen molar-refractivity contribution in [2.24, 2.45) is 0 Å². The molecule has 1 fully saturated rings. The summed E-state index contributed by atoms with van der Waals surface area (Å²) in [7, 11) is 0. The molecule has 1 aliphatic rings. The Morgan fingerprint density at radius 1 is 1.06 bits per heavy atom. The van der Waals surface area contributed by atoms with Crippen LogP contribution in [0.3, 0.4) is 0 Å². The molecule has 4 rings (SSSR count). The van der Waals surface area contributed by atoms with Crippen LogP contribution in [0.1, 0.15) is 50.2 Å². The second-order valence-corrected chi connectivity index (χ2v) is 8.99. The zero-order chi connectivity index (χ0) is 25.5. The number of pyridine rings is 1. The summed E-state index contributed by atoms with van der Waals surface area (Å²) in [6.45, 7) is 3.53. The minimum absolute atomic E-state index is 0.0423. The van der Waals surface area contributed by atoms with Gasteiger partial charge in [-0.05, 0) is 55.0 Å². The maximum Gasteiger partial charge on any atom is 0.257 e. The lowest BCUT2D eigenvalue weighted by Gasteiger charge is -2.16. The molecule has 3 aromatic rings. The summed E-state index contributed by atoms with van der Waals surface area (Å²) in [4.78, 5) is 39.2. The first kappa shape index (κ1) is 25.3. The van der Waals surface area contributed by atoms with Crippen molar-refractivity contribution < 1.29 is 18.7 Å². The molecule has 2 N–H and O–H groups in total. The summed E-state index contributed by atoms with van der Waals surface area (Å²) in [5.41, 5.74) is 1.85. The van der Waals surface area contributed by atoms with Crippen molar-refractivity contribution in [2.45, 2.75) is 45.4 Å². The van der Waals surface area contributed by atoms with Crippen molar-refractivity contribution in [3.63, 3.8) is 0 Å². The second-order valence-electron chi connectivity index (χ2n) is 8.99. The molecule has 0 radical (unpaired) electrons. The summed E-state index contributed by atoms with van der Waals surface area (Å²) in [6.07, 6.45) is 5.14. The number of carbonyl (C=O) groups excluding carboxylic acids is 2. The summed E-state index contributed by atoms with van der Waals surface area (Å²) >= 11 is 0. The van der Waals surface area contributed by atoms with Crippen molar-refractivity contribution in [1.29, 1.82) is 0 Å². The Kier molecular flexibility index (Phi) is 8.28. The number of aromatic nitrogens is 1. The van der Waals surface area contributed by atoms with Gasteiger partial charge < -0.3 is 19.9 Å². The van der Waals surface area contributed by atoms with Gasteiger partial charge in [0.05, 0.1) is 6.10 Å². The van der Waals surface area contributed by atoms with E-state index in [-0.39, 0.29) is 36.1 Å². The third-order valence-corrected chi connectivity index (χ3v) is 6.30. The van der Waals surface area contributed by atoms with Crippen LogP contribution in [0.4, 0.5) is 4.39 Å². The average molecular weight is 492 g/mol. The van der Waals surface area contributed by atoms with Gasteiger partial charge in [-0.2, -0.15) is 0 Å². The van der Waals surface area contributed by atoms with Gasteiger partial charge >= 0.3 is 0 Å². The SMILES string of the molecule is Cc1ccccc1CNC(=O)c1cn(C[C@H]2CCCO2)cc(C(=O)NCCc2cccc(F)c2)c1=O. The number of hydrogen-bond donors (Lipinski definition) is 2. The lowest BCUT2D eigenvalue weighted by molar-refractivity contribution is 0.0925. The van der Waals surface area contributed by atoms with Gasteiger partial charge in [-0.1, -0.05) is 36.4 Å². The van der Waals surface area contributed by atoms with Gasteiger partial charge in [0.15, 0.2) is 0 Å². The maximum absolute atomic E-state index is 13.4. The Bertz CT molecular complexity index is 1300. The number of aryl methyl sites for hydroxylation is 1. The van der Waals surface area contributed by atoms with Crippen LogP contribution < -0.4 is 16.1 Å². The summed E-state index contributed by atoms with van der Waals surface area (Å²) in [5, 5.41) is 5.53. The van der Waals surface area contributed by atoms with E-state index in [2.05, 4.69) is 10.6 Å². The third kappa shape index (κ3) is 6.46. The van der Waals surface area contributed by atoms with Crippen LogP contribution in [0.15, 0.2) is 65.7 Å². The minimum Gasteiger partial charge on any atom is -0.376 e. The van der Waals surface area contributed by atoms with E-state index in [1.54, 1.807) is 16.7 Å². The van der Waals surface area contributed by atoms with Crippen molar-refractivity contribution >= 4 is 11.8 Å². The lowest BCUT2D eigenvalue weighted by Crippen LogP contribution is -2.36. The maximum atomic E-state index is 13.4. The number of benzene rings is 2. The van der Waals surface area contributed by atoms with E-state index < -0.39 is 17.2 Å². The summed E-state index contributed by atoms with van der Waals surface area (Å²) in [6, 6.07) is 13.8. The Hall–Kier alpha value is -3.78. The minimum atomic E-state index is -0.635. The highest BCUT2D eigenvalue weighted by Gasteiger charge is 2.22. The molecule has 0 bridgehead atoms. The number of nitrogens with one attached hydrogen (secondary N) is 2. The fourth-order valence-electron chi connectivity index (χ4n) is 4.27. The molecule has 1 saturated heterocycles. The van der Waals surface area contributed by atoms with E-state index in [4.69, 9.17) is 4.74 Å². The lowest BCUT2D eigenvalue weighted by atomic mass is 10.1. The molecule has 36 heavy (non-hydrogen) atoms. The highest BCUT2D eigenvalue weighted by atomic mass is 19.1. The number of hydrogen-bond acceptors (Lipinski definition) is 4. The number of carbonyl (C=O) groups is 2. The summed E-state index contributed by atoms with van der Waals surface area (Å²) in [5.74, 6) is -1.47. The number of nitrogens with zero attached hydrogens (tertiary/aromatic N) is 1. The van der Waals surface area contributed by atoms with Crippen molar-refractivity contribution in [1.82, 2.24) is 15.2 Å². The van der Waals surface area contributed by atoms with E-state index >= 15 is 0 Å². The van der Waals surface area contributed by atoms with Gasteiger partial charge in [0.25, 0.3) is 11.8 Å². The van der Waals surface area contributed by atoms with Crippen LogP contribution in [0.25, 0.3) is 0 Å². The van der Waals surface area contributed by atoms with E-state index in [1.807, 2.05) is 31.2 Å². The first-order valence-electron chi connectivity index (χ1n) is 12.1. The largest absolute Gasteiger partial charge is 0.376 e. The summed E-state index contributed by atoms with van der Waals surface area (Å²) < 4.78 is 20.8. The van der Waals surface area contributed by atoms with Crippen LogP contribution >= 0.6 is 0 Å². The molecular weight excluding hydrogens is 461 g/mol. The molecule has 188 valence electrons. The highest BCUT2D eigenvalue weighted by molar-refractivity contribution is 5.99. The van der Waals surface area contributed by atoms with Gasteiger partial charge in [-0.3, -0.25) is 14.4 Å². The van der Waals surface area contributed by atoms with Gasteiger partial charge in [0, 0.05) is 38.6 Å². The fourth-order valence-corrected chi connectivity index (χ4v) is 4.27. The molecule has 1 aromatic heterocycles. The normalized spacial score (nSPS) is 15.0. The van der Waals surface area contributed by atoms with Crippen molar-refractivity contribution in [2.75, 3.05) is 13.2 Å². The van der Waals surface area contributed by atoms with Crippen molar-refractivity contribution in [3.05, 3.63) is 105 Å². The van der Waals surface area contributed by atoms with Gasteiger partial charge in [0.1, 0.15) is 16.9 Å². The Labute approximate surface area is 209 Å². The number of amides is 2. The molecule has 7 nitrogen and oxygen atoms in total. The van der Waals surface area contributed by atoms with Crippen LogP contribution in [0.2, 0.25) is 0 Å².